The van der Waals surface area contributed by atoms with E-state index >= 15 is 0 Å². The molecular formula is C20H22F3N3O3. The number of nitrogens with one attached hydrogen (secondary N) is 2. The number of carbonyl (C=O) groups excluding carboxylic acids is 3. The zero-order valence-electron chi connectivity index (χ0n) is 15.8. The molecule has 9 heteroatoms. The molecule has 1 aliphatic carbocycles. The summed E-state index contributed by atoms with van der Waals surface area (Å²) < 4.78 is 38.9. The second-order valence-corrected chi connectivity index (χ2v) is 8.02. The molecule has 29 heavy (non-hydrogen) atoms. The number of alkyl halides is 3. The maximum absolute atomic E-state index is 13.0. The molecule has 1 aromatic rings. The third-order valence-electron chi connectivity index (χ3n) is 6.16. The first kappa shape index (κ1) is 19.7. The van der Waals surface area contributed by atoms with Gasteiger partial charge in [0.2, 0.25) is 5.91 Å². The Kier molecular flexibility index (Phi) is 4.78. The number of hydrogen-bond donors (Lipinski definition) is 2. The van der Waals surface area contributed by atoms with Gasteiger partial charge in [0.15, 0.2) is 0 Å². The molecule has 0 bridgehead atoms. The molecule has 4 amide bonds. The standard InChI is InChI=1S/C20H22F3N3O3/c21-20(22,23)15-2-1-12-6-9-26(10-7-13(12)11-15)16(27)5-8-19(14-3-4-14)17(28)24-18(29)25-19/h1-2,11,14H,3-10H2,(H2,24,25,28,29)/t19-/m0/s1. The first-order chi connectivity index (χ1) is 13.7. The van der Waals surface area contributed by atoms with Gasteiger partial charge in [-0.05, 0) is 61.3 Å². The second kappa shape index (κ2) is 7.03. The van der Waals surface area contributed by atoms with E-state index in [4.69, 9.17) is 0 Å². The van der Waals surface area contributed by atoms with Gasteiger partial charge in [0.1, 0.15) is 5.54 Å². The van der Waals surface area contributed by atoms with Crippen molar-refractivity contribution in [1.82, 2.24) is 15.5 Å². The summed E-state index contributed by atoms with van der Waals surface area (Å²) >= 11 is 0. The van der Waals surface area contributed by atoms with E-state index in [1.165, 1.54) is 12.1 Å². The van der Waals surface area contributed by atoms with Crippen molar-refractivity contribution in [1.29, 1.82) is 0 Å². The van der Waals surface area contributed by atoms with E-state index in [0.29, 0.717) is 31.5 Å². The average molecular weight is 409 g/mol. The molecule has 2 N–H and O–H groups in total. The molecule has 6 nitrogen and oxygen atoms in total. The Morgan fingerprint density at radius 3 is 2.41 bits per heavy atom. The topological polar surface area (TPSA) is 78.5 Å². The molecule has 0 unspecified atom stereocenters. The number of nitrogens with zero attached hydrogens (tertiary/aromatic N) is 1. The number of fused-ring (bicyclic) bond motifs is 1. The van der Waals surface area contributed by atoms with Gasteiger partial charge in [-0.2, -0.15) is 13.2 Å². The summed E-state index contributed by atoms with van der Waals surface area (Å²) in [4.78, 5) is 38.3. The third kappa shape index (κ3) is 3.82. The van der Waals surface area contributed by atoms with E-state index in [9.17, 15) is 27.6 Å². The molecule has 156 valence electrons. The number of halogens is 3. The number of hydrogen-bond acceptors (Lipinski definition) is 3. The lowest BCUT2D eigenvalue weighted by Gasteiger charge is -2.27. The van der Waals surface area contributed by atoms with Crippen molar-refractivity contribution in [3.63, 3.8) is 0 Å². The summed E-state index contributed by atoms with van der Waals surface area (Å²) in [5, 5.41) is 4.97. The van der Waals surface area contributed by atoms with Crippen LogP contribution in [0.1, 0.15) is 42.4 Å². The van der Waals surface area contributed by atoms with Crippen LogP contribution in [0.4, 0.5) is 18.0 Å². The van der Waals surface area contributed by atoms with E-state index in [1.54, 1.807) is 4.90 Å². The van der Waals surface area contributed by atoms with E-state index in [1.807, 2.05) is 0 Å². The van der Waals surface area contributed by atoms with Crippen LogP contribution < -0.4 is 10.6 Å². The van der Waals surface area contributed by atoms with Crippen LogP contribution in [0.15, 0.2) is 18.2 Å². The van der Waals surface area contributed by atoms with Crippen LogP contribution in [0, 0.1) is 5.92 Å². The van der Waals surface area contributed by atoms with Crippen molar-refractivity contribution < 1.29 is 27.6 Å². The summed E-state index contributed by atoms with van der Waals surface area (Å²) in [5.41, 5.74) is -0.244. The number of carbonyl (C=O) groups is 3. The van der Waals surface area contributed by atoms with Crippen molar-refractivity contribution in [3.8, 4) is 0 Å². The fraction of sp³-hybridized carbons (Fsp3) is 0.550. The van der Waals surface area contributed by atoms with Crippen molar-refractivity contribution >= 4 is 17.8 Å². The molecule has 3 aliphatic rings. The second-order valence-electron chi connectivity index (χ2n) is 8.02. The molecule has 0 spiro atoms. The third-order valence-corrected chi connectivity index (χ3v) is 6.16. The fourth-order valence-electron chi connectivity index (χ4n) is 4.36. The number of imide groups is 1. The van der Waals surface area contributed by atoms with Gasteiger partial charge in [0.25, 0.3) is 5.91 Å². The van der Waals surface area contributed by atoms with Crippen LogP contribution in [0.5, 0.6) is 0 Å². The Morgan fingerprint density at radius 2 is 1.83 bits per heavy atom. The number of urea groups is 1. The van der Waals surface area contributed by atoms with Gasteiger partial charge in [-0.3, -0.25) is 14.9 Å². The van der Waals surface area contributed by atoms with E-state index in [0.717, 1.165) is 24.5 Å². The highest BCUT2D eigenvalue weighted by atomic mass is 19.4. The minimum absolute atomic E-state index is 0.0518. The molecule has 2 aliphatic heterocycles. The number of amides is 4. The largest absolute Gasteiger partial charge is 0.416 e. The van der Waals surface area contributed by atoms with Gasteiger partial charge in [0.05, 0.1) is 5.56 Å². The minimum Gasteiger partial charge on any atom is -0.342 e. The summed E-state index contributed by atoms with van der Waals surface area (Å²) in [7, 11) is 0. The Morgan fingerprint density at radius 1 is 1.14 bits per heavy atom. The molecule has 1 aromatic carbocycles. The van der Waals surface area contributed by atoms with Crippen molar-refractivity contribution in [2.75, 3.05) is 13.1 Å². The predicted molar refractivity (Wildman–Crippen MR) is 96.8 cm³/mol. The van der Waals surface area contributed by atoms with Crippen molar-refractivity contribution in [2.45, 2.75) is 50.2 Å². The molecule has 2 heterocycles. The first-order valence-corrected chi connectivity index (χ1v) is 9.79. The maximum Gasteiger partial charge on any atom is 0.416 e. The van der Waals surface area contributed by atoms with E-state index in [-0.39, 0.29) is 30.6 Å². The minimum atomic E-state index is -4.39. The van der Waals surface area contributed by atoms with Crippen LogP contribution in [0.2, 0.25) is 0 Å². The Labute approximate surface area is 165 Å². The van der Waals surface area contributed by atoms with Crippen LogP contribution in [0.25, 0.3) is 0 Å². The van der Waals surface area contributed by atoms with Crippen LogP contribution in [0.3, 0.4) is 0 Å². The summed E-state index contributed by atoms with van der Waals surface area (Å²) in [6, 6.07) is 3.22. The van der Waals surface area contributed by atoms with Gasteiger partial charge in [-0.25, -0.2) is 4.79 Å². The van der Waals surface area contributed by atoms with Gasteiger partial charge >= 0.3 is 12.2 Å². The number of benzene rings is 1. The normalized spacial score (nSPS) is 24.6. The molecule has 1 saturated heterocycles. The summed E-state index contributed by atoms with van der Waals surface area (Å²) in [6.07, 6.45) is -1.53. The van der Waals surface area contributed by atoms with Gasteiger partial charge in [-0.1, -0.05) is 6.07 Å². The summed E-state index contributed by atoms with van der Waals surface area (Å²) in [5.74, 6) is -0.473. The zero-order chi connectivity index (χ0) is 20.8. The zero-order valence-corrected chi connectivity index (χ0v) is 15.8. The highest BCUT2D eigenvalue weighted by molar-refractivity contribution is 6.07. The first-order valence-electron chi connectivity index (χ1n) is 9.79. The molecule has 1 atom stereocenters. The lowest BCUT2D eigenvalue weighted by atomic mass is 9.87. The van der Waals surface area contributed by atoms with E-state index < -0.39 is 23.3 Å². The van der Waals surface area contributed by atoms with Gasteiger partial charge in [-0.15, -0.1) is 0 Å². The lowest BCUT2D eigenvalue weighted by Crippen LogP contribution is -2.50. The SMILES string of the molecule is O=C1NC(=O)[C@](CCC(=O)N2CCc3ccc(C(F)(F)F)cc3CC2)(C2CC2)N1. The molecule has 1 saturated carbocycles. The Bertz CT molecular complexity index is 866. The molecule has 2 fully saturated rings. The van der Waals surface area contributed by atoms with Crippen LogP contribution in [-0.4, -0.2) is 41.4 Å². The smallest absolute Gasteiger partial charge is 0.342 e. The monoisotopic (exact) mass is 409 g/mol. The van der Waals surface area contributed by atoms with E-state index in [2.05, 4.69) is 10.6 Å². The molecule has 0 aromatic heterocycles. The van der Waals surface area contributed by atoms with Crippen LogP contribution >= 0.6 is 0 Å². The van der Waals surface area contributed by atoms with Gasteiger partial charge in [0, 0.05) is 19.5 Å². The van der Waals surface area contributed by atoms with Gasteiger partial charge < -0.3 is 10.2 Å². The quantitative estimate of drug-likeness (QED) is 0.750. The highest BCUT2D eigenvalue weighted by Gasteiger charge is 2.55. The van der Waals surface area contributed by atoms with Crippen LogP contribution in [-0.2, 0) is 28.6 Å². The highest BCUT2D eigenvalue weighted by Crippen LogP contribution is 2.43. The van der Waals surface area contributed by atoms with Crippen molar-refractivity contribution in [2.24, 2.45) is 5.92 Å². The Balaban J connectivity index is 1.40. The predicted octanol–water partition coefficient (Wildman–Crippen LogP) is 2.40. The lowest BCUT2D eigenvalue weighted by molar-refractivity contribution is -0.137. The van der Waals surface area contributed by atoms with Crippen molar-refractivity contribution in [3.05, 3.63) is 34.9 Å². The molecule has 4 rings (SSSR count). The molecular weight excluding hydrogens is 387 g/mol. The Hall–Kier alpha value is -2.58. The molecule has 0 radical (unpaired) electrons. The maximum atomic E-state index is 13.0. The fourth-order valence-corrected chi connectivity index (χ4v) is 4.36. The number of rotatable bonds is 4. The average Bonchev–Trinajstić information content (AvgIpc) is 3.47. The summed E-state index contributed by atoms with van der Waals surface area (Å²) in [6.45, 7) is 0.758.